The molecule has 168 valence electrons. The Kier molecular flexibility index (Phi) is 7.23. The average Bonchev–Trinajstić information content (AvgIpc) is 2.82. The van der Waals surface area contributed by atoms with E-state index in [9.17, 15) is 9.50 Å². The third-order valence-electron chi connectivity index (χ3n) is 6.63. The molecule has 3 aromatic carbocycles. The summed E-state index contributed by atoms with van der Waals surface area (Å²) < 4.78 is 20.1. The van der Waals surface area contributed by atoms with E-state index in [0.717, 1.165) is 53.8 Å². The molecule has 3 aromatic rings. The lowest BCUT2D eigenvalue weighted by atomic mass is 9.95. The molecule has 32 heavy (non-hydrogen) atoms. The van der Waals surface area contributed by atoms with Crippen LogP contribution in [-0.2, 0) is 6.54 Å². The van der Waals surface area contributed by atoms with Crippen LogP contribution in [-0.4, -0.2) is 41.9 Å². The van der Waals surface area contributed by atoms with Crippen LogP contribution >= 0.6 is 0 Å². The topological polar surface area (TPSA) is 29.5 Å². The molecule has 1 heterocycles. The van der Waals surface area contributed by atoms with Crippen molar-refractivity contribution in [2.24, 2.45) is 5.92 Å². The number of halogens is 1. The average molecular weight is 435 g/mol. The molecule has 0 aromatic heterocycles. The van der Waals surface area contributed by atoms with Crippen LogP contribution in [0, 0.1) is 11.7 Å². The molecular formula is C28H33FNO2+. The minimum absolute atomic E-state index is 0.209. The van der Waals surface area contributed by atoms with E-state index < -0.39 is 6.10 Å². The summed E-state index contributed by atoms with van der Waals surface area (Å²) in [6.45, 7) is 6.08. The monoisotopic (exact) mass is 434 g/mol. The molecule has 1 aliphatic rings. The third-order valence-corrected chi connectivity index (χ3v) is 6.63. The third kappa shape index (κ3) is 5.96. The molecule has 4 heteroatoms. The van der Waals surface area contributed by atoms with E-state index in [-0.39, 0.29) is 12.4 Å². The molecule has 1 saturated heterocycles. The van der Waals surface area contributed by atoms with Gasteiger partial charge in [-0.2, -0.15) is 0 Å². The number of hydrogen-bond acceptors (Lipinski definition) is 2. The summed E-state index contributed by atoms with van der Waals surface area (Å²) in [5, 5.41) is 10.8. The summed E-state index contributed by atoms with van der Waals surface area (Å²) >= 11 is 0. The lowest BCUT2D eigenvalue weighted by Crippen LogP contribution is -2.56. The molecule has 1 atom stereocenters. The number of rotatable bonds is 8. The van der Waals surface area contributed by atoms with Crippen LogP contribution in [0.15, 0.2) is 78.9 Å². The van der Waals surface area contributed by atoms with Gasteiger partial charge in [0.2, 0.25) is 0 Å². The van der Waals surface area contributed by atoms with E-state index in [1.165, 1.54) is 17.7 Å². The van der Waals surface area contributed by atoms with Crippen molar-refractivity contribution < 1.29 is 18.7 Å². The summed E-state index contributed by atoms with van der Waals surface area (Å²) in [5.41, 5.74) is 3.43. The van der Waals surface area contributed by atoms with Gasteiger partial charge in [0.1, 0.15) is 37.4 Å². The van der Waals surface area contributed by atoms with Gasteiger partial charge in [-0.25, -0.2) is 4.39 Å². The van der Waals surface area contributed by atoms with Gasteiger partial charge in [-0.1, -0.05) is 61.5 Å². The number of benzene rings is 3. The van der Waals surface area contributed by atoms with Gasteiger partial charge >= 0.3 is 0 Å². The highest BCUT2D eigenvalue weighted by atomic mass is 19.1. The maximum Gasteiger partial charge on any atom is 0.137 e. The molecule has 1 N–H and O–H groups in total. The van der Waals surface area contributed by atoms with Crippen LogP contribution in [0.1, 0.15) is 25.3 Å². The highest BCUT2D eigenvalue weighted by Gasteiger charge is 2.35. The van der Waals surface area contributed by atoms with Gasteiger partial charge in [-0.15, -0.1) is 0 Å². The van der Waals surface area contributed by atoms with E-state index in [1.807, 2.05) is 54.6 Å². The van der Waals surface area contributed by atoms with Crippen LogP contribution in [0.5, 0.6) is 5.75 Å². The van der Waals surface area contributed by atoms with Gasteiger partial charge in [0, 0.05) is 5.56 Å². The van der Waals surface area contributed by atoms with Gasteiger partial charge in [0.25, 0.3) is 0 Å². The Hall–Kier alpha value is -2.69. The number of ether oxygens (including phenoxy) is 1. The molecule has 0 amide bonds. The maximum absolute atomic E-state index is 13.3. The van der Waals surface area contributed by atoms with Gasteiger partial charge in [-0.05, 0) is 54.2 Å². The molecule has 1 unspecified atom stereocenters. The number of quaternary nitrogens is 1. The van der Waals surface area contributed by atoms with Gasteiger partial charge in [-0.3, -0.25) is 0 Å². The van der Waals surface area contributed by atoms with Crippen LogP contribution in [0.2, 0.25) is 0 Å². The van der Waals surface area contributed by atoms with Crippen molar-refractivity contribution in [1.82, 2.24) is 0 Å². The summed E-state index contributed by atoms with van der Waals surface area (Å²) in [6.07, 6.45) is 1.74. The van der Waals surface area contributed by atoms with Crippen molar-refractivity contribution in [1.29, 1.82) is 0 Å². The Bertz CT molecular complexity index is 965. The van der Waals surface area contributed by atoms with Crippen LogP contribution in [0.3, 0.4) is 0 Å². The second kappa shape index (κ2) is 10.3. The highest BCUT2D eigenvalue weighted by Crippen LogP contribution is 2.27. The normalized spacial score (nSPS) is 21.8. The molecule has 3 nitrogen and oxygen atoms in total. The zero-order chi connectivity index (χ0) is 22.4. The minimum atomic E-state index is -0.558. The van der Waals surface area contributed by atoms with Crippen LogP contribution in [0.4, 0.5) is 4.39 Å². The second-order valence-corrected chi connectivity index (χ2v) is 9.29. The molecule has 0 spiro atoms. The summed E-state index contributed by atoms with van der Waals surface area (Å²) in [6, 6.07) is 25.0. The Balaban J connectivity index is 1.36. The van der Waals surface area contributed by atoms with E-state index in [2.05, 4.69) is 19.1 Å². The number of likely N-dealkylation sites (tertiary alicyclic amines) is 1. The lowest BCUT2D eigenvalue weighted by molar-refractivity contribution is -0.948. The van der Waals surface area contributed by atoms with E-state index in [4.69, 9.17) is 4.74 Å². The number of aliphatic hydroxyl groups is 1. The first-order valence-electron chi connectivity index (χ1n) is 11.6. The smallest absolute Gasteiger partial charge is 0.137 e. The van der Waals surface area contributed by atoms with Crippen molar-refractivity contribution in [3.63, 3.8) is 0 Å². The quantitative estimate of drug-likeness (QED) is 0.462. The standard InChI is InChI=1S/C28H33FNO2/c1-22-15-17-30(18-16-22,19-23-7-11-26(29)12-8-23)20-27(31)21-32-28-13-9-25(10-14-28)24-5-3-2-4-6-24/h2-14,22,27,31H,15-21H2,1H3/q+1. The fraction of sp³-hybridized carbons (Fsp3) is 0.357. The first kappa shape index (κ1) is 22.5. The van der Waals surface area contributed by atoms with E-state index in [0.29, 0.717) is 12.5 Å². The molecular weight excluding hydrogens is 401 g/mol. The Morgan fingerprint density at radius 2 is 1.53 bits per heavy atom. The van der Waals surface area contributed by atoms with Gasteiger partial charge < -0.3 is 14.3 Å². The number of hydrogen-bond donors (Lipinski definition) is 1. The molecule has 0 radical (unpaired) electrons. The van der Waals surface area contributed by atoms with Crippen molar-refractivity contribution >= 4 is 0 Å². The van der Waals surface area contributed by atoms with Crippen molar-refractivity contribution in [3.05, 3.63) is 90.2 Å². The maximum atomic E-state index is 13.3. The zero-order valence-corrected chi connectivity index (χ0v) is 18.8. The predicted octanol–water partition coefficient (Wildman–Crippen LogP) is 5.68. The molecule has 1 fully saturated rings. The molecule has 4 rings (SSSR count). The largest absolute Gasteiger partial charge is 0.491 e. The Labute approximate surface area is 190 Å². The lowest BCUT2D eigenvalue weighted by Gasteiger charge is -2.44. The van der Waals surface area contributed by atoms with E-state index in [1.54, 1.807) is 0 Å². The second-order valence-electron chi connectivity index (χ2n) is 9.29. The number of piperidine rings is 1. The summed E-state index contributed by atoms with van der Waals surface area (Å²) in [5.74, 6) is 1.27. The zero-order valence-electron chi connectivity index (χ0n) is 18.8. The van der Waals surface area contributed by atoms with Crippen LogP contribution in [0.25, 0.3) is 11.1 Å². The molecule has 1 aliphatic heterocycles. The van der Waals surface area contributed by atoms with Crippen molar-refractivity contribution in [2.45, 2.75) is 32.4 Å². The summed E-state index contributed by atoms with van der Waals surface area (Å²) in [7, 11) is 0. The Morgan fingerprint density at radius 1 is 0.906 bits per heavy atom. The van der Waals surface area contributed by atoms with Gasteiger partial charge in [0.15, 0.2) is 0 Å². The molecule has 0 bridgehead atoms. The Morgan fingerprint density at radius 3 is 2.19 bits per heavy atom. The number of nitrogens with zero attached hydrogens (tertiary/aromatic N) is 1. The first-order valence-corrected chi connectivity index (χ1v) is 11.6. The minimum Gasteiger partial charge on any atom is -0.491 e. The number of aliphatic hydroxyl groups excluding tert-OH is 1. The van der Waals surface area contributed by atoms with Crippen molar-refractivity contribution in [3.8, 4) is 16.9 Å². The highest BCUT2D eigenvalue weighted by molar-refractivity contribution is 5.63. The van der Waals surface area contributed by atoms with Crippen LogP contribution < -0.4 is 4.74 Å². The van der Waals surface area contributed by atoms with Gasteiger partial charge in [0.05, 0.1) is 13.1 Å². The molecule has 0 saturated carbocycles. The fourth-order valence-electron chi connectivity index (χ4n) is 4.69. The van der Waals surface area contributed by atoms with E-state index >= 15 is 0 Å². The van der Waals surface area contributed by atoms with Crippen molar-refractivity contribution in [2.75, 3.05) is 26.2 Å². The SMILES string of the molecule is CC1CC[N+](Cc2ccc(F)cc2)(CC(O)COc2ccc(-c3ccccc3)cc2)CC1. The fourth-order valence-corrected chi connectivity index (χ4v) is 4.69. The predicted molar refractivity (Wildman–Crippen MR) is 127 cm³/mol. The first-order chi connectivity index (χ1) is 15.5. The molecule has 0 aliphatic carbocycles. The summed E-state index contributed by atoms with van der Waals surface area (Å²) in [4.78, 5) is 0.